The van der Waals surface area contributed by atoms with E-state index in [4.69, 9.17) is 37.0 Å². The van der Waals surface area contributed by atoms with Crippen LogP contribution in [0, 0.1) is 0 Å². The third-order valence-electron chi connectivity index (χ3n) is 16.6. The molecule has 0 fully saturated rings. The van der Waals surface area contributed by atoms with Gasteiger partial charge in [0.1, 0.15) is 19.3 Å². The number of ether oxygens (including phenoxy) is 4. The summed E-state index contributed by atoms with van der Waals surface area (Å²) in [5, 5.41) is 10.6. The Balaban J connectivity index is 5.30. The minimum Gasteiger partial charge on any atom is -0.462 e. The summed E-state index contributed by atoms with van der Waals surface area (Å²) in [7, 11) is -9.92. The van der Waals surface area contributed by atoms with Gasteiger partial charge in [-0.3, -0.25) is 37.3 Å². The molecule has 5 unspecified atom stereocenters. The van der Waals surface area contributed by atoms with Gasteiger partial charge in [-0.2, -0.15) is 0 Å². The van der Waals surface area contributed by atoms with E-state index in [-0.39, 0.29) is 25.7 Å². The highest BCUT2D eigenvalue weighted by molar-refractivity contribution is 7.47. The third kappa shape index (κ3) is 67.8. The average Bonchev–Trinajstić information content (AvgIpc) is 1.67. The number of aliphatic hydroxyl groups excluding tert-OH is 1. The normalized spacial score (nSPS) is 14.2. The zero-order chi connectivity index (χ0) is 69.0. The fraction of sp³-hybridized carbons (Fsp3) is 0.867. The molecule has 0 amide bonds. The summed E-state index contributed by atoms with van der Waals surface area (Å²) in [5.41, 5.74) is 0. The van der Waals surface area contributed by atoms with Crippen molar-refractivity contribution in [3.63, 3.8) is 0 Å². The lowest BCUT2D eigenvalue weighted by atomic mass is 10.0. The lowest BCUT2D eigenvalue weighted by molar-refractivity contribution is -0.161. The van der Waals surface area contributed by atoms with Gasteiger partial charge in [-0.1, -0.05) is 289 Å². The van der Waals surface area contributed by atoms with Gasteiger partial charge in [0.25, 0.3) is 0 Å². The van der Waals surface area contributed by atoms with Crippen molar-refractivity contribution < 1.29 is 80.2 Å². The van der Waals surface area contributed by atoms with E-state index in [1.807, 2.05) is 0 Å². The third-order valence-corrected chi connectivity index (χ3v) is 18.5. The number of carbonyl (C=O) groups excluding carboxylic acids is 4. The Morgan fingerprint density at radius 1 is 0.298 bits per heavy atom. The zero-order valence-corrected chi connectivity index (χ0v) is 61.9. The molecule has 0 aliphatic heterocycles. The molecule has 94 heavy (non-hydrogen) atoms. The predicted molar refractivity (Wildman–Crippen MR) is 381 cm³/mol. The van der Waals surface area contributed by atoms with E-state index < -0.39 is 97.5 Å². The van der Waals surface area contributed by atoms with Crippen LogP contribution in [0.3, 0.4) is 0 Å². The first-order chi connectivity index (χ1) is 45.7. The summed E-state index contributed by atoms with van der Waals surface area (Å²) in [5.74, 6) is -2.16. The molecule has 0 bridgehead atoms. The fourth-order valence-corrected chi connectivity index (χ4v) is 12.3. The van der Waals surface area contributed by atoms with Crippen molar-refractivity contribution in [2.45, 2.75) is 380 Å². The molecule has 0 aliphatic rings. The van der Waals surface area contributed by atoms with E-state index >= 15 is 0 Å². The van der Waals surface area contributed by atoms with Gasteiger partial charge in [-0.05, 0) is 83.5 Å². The van der Waals surface area contributed by atoms with Gasteiger partial charge in [0.15, 0.2) is 12.2 Å². The molecule has 0 saturated heterocycles. The van der Waals surface area contributed by atoms with Gasteiger partial charge in [-0.25, -0.2) is 9.13 Å². The Kier molecular flexibility index (Phi) is 66.8. The summed E-state index contributed by atoms with van der Waals surface area (Å²) < 4.78 is 68.4. The number of phosphoric ester groups is 2. The van der Waals surface area contributed by atoms with E-state index in [0.717, 1.165) is 135 Å². The molecule has 17 nitrogen and oxygen atoms in total. The minimum absolute atomic E-state index is 0.100. The number of esters is 4. The van der Waals surface area contributed by atoms with Crippen LogP contribution in [-0.4, -0.2) is 96.7 Å². The Morgan fingerprint density at radius 3 is 0.830 bits per heavy atom. The van der Waals surface area contributed by atoms with Crippen molar-refractivity contribution in [2.75, 3.05) is 39.6 Å². The van der Waals surface area contributed by atoms with E-state index in [1.54, 1.807) is 0 Å². The van der Waals surface area contributed by atoms with Crippen LogP contribution < -0.4 is 0 Å². The van der Waals surface area contributed by atoms with Crippen LogP contribution in [0.1, 0.15) is 362 Å². The summed E-state index contributed by atoms with van der Waals surface area (Å²) in [6.45, 7) is 4.88. The molecule has 0 radical (unpaired) electrons. The van der Waals surface area contributed by atoms with Crippen LogP contribution in [0.15, 0.2) is 36.5 Å². The van der Waals surface area contributed by atoms with Crippen LogP contribution >= 0.6 is 15.6 Å². The molecular weight excluding hydrogens is 1230 g/mol. The topological polar surface area (TPSA) is 237 Å². The number of hydrogen-bond acceptors (Lipinski definition) is 15. The van der Waals surface area contributed by atoms with Gasteiger partial charge in [-0.15, -0.1) is 0 Å². The molecule has 19 heteroatoms. The summed E-state index contributed by atoms with van der Waals surface area (Å²) in [4.78, 5) is 72.7. The zero-order valence-electron chi connectivity index (χ0n) is 60.2. The Hall–Kier alpha value is -2.72. The van der Waals surface area contributed by atoms with Crippen LogP contribution in [0.4, 0.5) is 0 Å². The number of unbranched alkanes of at least 4 members (excludes halogenated alkanes) is 41. The maximum absolute atomic E-state index is 13.1. The molecule has 0 spiro atoms. The van der Waals surface area contributed by atoms with Gasteiger partial charge in [0.05, 0.1) is 26.4 Å². The molecule has 0 aliphatic carbocycles. The van der Waals surface area contributed by atoms with Crippen molar-refractivity contribution in [1.29, 1.82) is 0 Å². The van der Waals surface area contributed by atoms with Crippen molar-refractivity contribution in [1.82, 2.24) is 0 Å². The van der Waals surface area contributed by atoms with Crippen LogP contribution in [-0.2, 0) is 65.4 Å². The van der Waals surface area contributed by atoms with Crippen LogP contribution in [0.25, 0.3) is 0 Å². The maximum Gasteiger partial charge on any atom is 0.472 e. The van der Waals surface area contributed by atoms with E-state index in [9.17, 15) is 43.2 Å². The quantitative estimate of drug-likeness (QED) is 0.0169. The molecule has 0 aromatic rings. The largest absolute Gasteiger partial charge is 0.472 e. The van der Waals surface area contributed by atoms with E-state index in [1.165, 1.54) is 148 Å². The first-order valence-corrected chi connectivity index (χ1v) is 41.2. The fourth-order valence-electron chi connectivity index (χ4n) is 10.7. The smallest absolute Gasteiger partial charge is 0.462 e. The van der Waals surface area contributed by atoms with Gasteiger partial charge in [0.2, 0.25) is 0 Å². The van der Waals surface area contributed by atoms with Crippen LogP contribution in [0.2, 0.25) is 0 Å². The first-order valence-electron chi connectivity index (χ1n) is 38.2. The summed E-state index contributed by atoms with van der Waals surface area (Å²) in [6.07, 6.45) is 62.7. The molecule has 3 N–H and O–H groups in total. The van der Waals surface area contributed by atoms with Gasteiger partial charge < -0.3 is 33.8 Å². The SMILES string of the molecule is CCCCCC=CCC=CCCCCCCCC(=O)OCC(COP(=O)(O)OCC(O)COP(=O)(O)OCC(COC(=O)CCCCCCCC=CCCCCCC)OC(=O)CCCCCCCCCCCCCCC)OC(=O)CCCCCCCCCCCCCCC. The molecule has 0 heterocycles. The Morgan fingerprint density at radius 2 is 0.521 bits per heavy atom. The monoisotopic (exact) mass is 1370 g/mol. The molecule has 552 valence electrons. The second kappa shape index (κ2) is 68.8. The summed E-state index contributed by atoms with van der Waals surface area (Å²) >= 11 is 0. The second-order valence-electron chi connectivity index (χ2n) is 26.0. The molecular formula is C75H140O17P2. The number of rotatable bonds is 73. The highest BCUT2D eigenvalue weighted by atomic mass is 31.2. The Labute approximate surface area is 573 Å². The van der Waals surface area contributed by atoms with Crippen molar-refractivity contribution in [2.24, 2.45) is 0 Å². The number of phosphoric acid groups is 2. The molecule has 0 aromatic heterocycles. The average molecular weight is 1380 g/mol. The van der Waals surface area contributed by atoms with E-state index in [0.29, 0.717) is 25.7 Å². The molecule has 0 saturated carbocycles. The van der Waals surface area contributed by atoms with Gasteiger partial charge >= 0.3 is 39.5 Å². The van der Waals surface area contributed by atoms with Crippen molar-refractivity contribution >= 4 is 39.5 Å². The van der Waals surface area contributed by atoms with Gasteiger partial charge in [0, 0.05) is 25.7 Å². The Bertz CT molecular complexity index is 1930. The number of hydrogen-bond donors (Lipinski definition) is 3. The van der Waals surface area contributed by atoms with E-state index in [2.05, 4.69) is 64.2 Å². The lowest BCUT2D eigenvalue weighted by Gasteiger charge is -2.21. The number of carbonyl (C=O) groups is 4. The standard InChI is InChI=1S/C75H140O17P2/c1-5-9-13-17-21-25-29-33-34-38-40-44-48-52-56-60-73(78)86-66-71(92-75(80)62-58-54-50-46-42-37-32-28-24-20-16-12-8-4)68-90-94(83,84)88-64-69(76)63-87-93(81,82)89-67-70(91-74(79)61-57-53-49-45-41-36-31-27-23-19-15-11-7-3)65-85-72(77)59-55-51-47-43-39-35-30-26-22-18-14-10-6-2/h21,25-26,30,33-34,69-71,76H,5-20,22-24,27-29,31-32,35-68H2,1-4H3,(H,81,82)(H,83,84). The molecule has 0 aromatic carbocycles. The highest BCUT2D eigenvalue weighted by Gasteiger charge is 2.30. The number of allylic oxidation sites excluding steroid dienone is 6. The summed E-state index contributed by atoms with van der Waals surface area (Å²) in [6, 6.07) is 0. The number of aliphatic hydroxyl groups is 1. The molecule has 0 rings (SSSR count). The van der Waals surface area contributed by atoms with Crippen molar-refractivity contribution in [3.05, 3.63) is 36.5 Å². The maximum atomic E-state index is 13.1. The van der Waals surface area contributed by atoms with Crippen LogP contribution in [0.5, 0.6) is 0 Å². The van der Waals surface area contributed by atoms with Crippen molar-refractivity contribution in [3.8, 4) is 0 Å². The highest BCUT2D eigenvalue weighted by Crippen LogP contribution is 2.45. The second-order valence-corrected chi connectivity index (χ2v) is 28.9. The lowest BCUT2D eigenvalue weighted by Crippen LogP contribution is -2.30. The minimum atomic E-state index is -4.96. The predicted octanol–water partition coefficient (Wildman–Crippen LogP) is 21.6. The first kappa shape index (κ1) is 91.3. The molecule has 5 atom stereocenters.